The molecule has 4 heteroatoms. The van der Waals surface area contributed by atoms with Gasteiger partial charge in [0.15, 0.2) is 0 Å². The van der Waals surface area contributed by atoms with Crippen LogP contribution in [0.4, 0.5) is 0 Å². The average Bonchev–Trinajstić information content (AvgIpc) is 2.83. The molecule has 1 aromatic heterocycles. The summed E-state index contributed by atoms with van der Waals surface area (Å²) in [6.07, 6.45) is 1.88. The van der Waals surface area contributed by atoms with Gasteiger partial charge < -0.3 is 10.3 Å². The highest BCUT2D eigenvalue weighted by Crippen LogP contribution is 2.14. The molecule has 0 radical (unpaired) electrons. The molecule has 1 aromatic carbocycles. The maximum absolute atomic E-state index is 12.1. The van der Waals surface area contributed by atoms with Gasteiger partial charge in [0.05, 0.1) is 0 Å². The van der Waals surface area contributed by atoms with Gasteiger partial charge in [0.2, 0.25) is 0 Å². The number of hydrogen-bond donors (Lipinski definition) is 2. The quantitative estimate of drug-likeness (QED) is 0.870. The molecular formula is C14H18N2OS. The smallest absolute Gasteiger partial charge is 0.251 e. The highest BCUT2D eigenvalue weighted by Gasteiger charge is 2.10. The number of carbonyl (C=O) groups is 1. The van der Waals surface area contributed by atoms with E-state index in [4.69, 9.17) is 0 Å². The molecule has 2 rings (SSSR count). The molecule has 0 spiro atoms. The number of benzene rings is 1. The summed E-state index contributed by atoms with van der Waals surface area (Å²) in [5.74, 6) is 2.03. The molecule has 2 N–H and O–H groups in total. The van der Waals surface area contributed by atoms with E-state index in [1.54, 1.807) is 0 Å². The highest BCUT2D eigenvalue weighted by atomic mass is 32.2. The minimum absolute atomic E-state index is 0.00213. The molecule has 0 saturated carbocycles. The Morgan fingerprint density at radius 1 is 1.44 bits per heavy atom. The van der Waals surface area contributed by atoms with Crippen LogP contribution in [0.2, 0.25) is 0 Å². The van der Waals surface area contributed by atoms with Gasteiger partial charge >= 0.3 is 0 Å². The summed E-state index contributed by atoms with van der Waals surface area (Å²) in [6.45, 7) is 4.16. The van der Waals surface area contributed by atoms with Crippen molar-refractivity contribution in [1.82, 2.24) is 10.3 Å². The number of aromatic amines is 1. The largest absolute Gasteiger partial charge is 0.361 e. The molecule has 2 aromatic rings. The van der Waals surface area contributed by atoms with Crippen molar-refractivity contribution in [2.75, 3.05) is 11.5 Å². The number of carbonyl (C=O) groups excluding carboxylic acids is 1. The van der Waals surface area contributed by atoms with Crippen LogP contribution in [-0.2, 0) is 0 Å². The van der Waals surface area contributed by atoms with Crippen LogP contribution in [0.15, 0.2) is 30.5 Å². The number of thioether (sulfide) groups is 1. The van der Waals surface area contributed by atoms with E-state index in [-0.39, 0.29) is 11.9 Å². The van der Waals surface area contributed by atoms with Crippen LogP contribution in [0.25, 0.3) is 10.9 Å². The fraction of sp³-hybridized carbons (Fsp3) is 0.357. The predicted molar refractivity (Wildman–Crippen MR) is 78.2 cm³/mol. The van der Waals surface area contributed by atoms with E-state index < -0.39 is 0 Å². The minimum atomic E-state index is 0.00213. The summed E-state index contributed by atoms with van der Waals surface area (Å²) in [5, 5.41) is 4.09. The third kappa shape index (κ3) is 3.07. The van der Waals surface area contributed by atoms with Gasteiger partial charge in [-0.15, -0.1) is 0 Å². The lowest BCUT2D eigenvalue weighted by molar-refractivity contribution is 0.0944. The topological polar surface area (TPSA) is 44.9 Å². The maximum atomic E-state index is 12.1. The van der Waals surface area contributed by atoms with Crippen LogP contribution in [0.5, 0.6) is 0 Å². The number of rotatable bonds is 5. The number of nitrogens with one attached hydrogen (secondary N) is 2. The monoisotopic (exact) mass is 262 g/mol. The van der Waals surface area contributed by atoms with Gasteiger partial charge in [0.25, 0.3) is 5.91 Å². The van der Waals surface area contributed by atoms with E-state index in [2.05, 4.69) is 17.2 Å². The van der Waals surface area contributed by atoms with E-state index in [1.807, 2.05) is 49.1 Å². The normalized spacial score (nSPS) is 12.6. The summed E-state index contributed by atoms with van der Waals surface area (Å²) < 4.78 is 0. The molecule has 1 amide bonds. The first-order valence-electron chi connectivity index (χ1n) is 6.16. The van der Waals surface area contributed by atoms with E-state index in [0.717, 1.165) is 28.0 Å². The second-order valence-electron chi connectivity index (χ2n) is 4.31. The van der Waals surface area contributed by atoms with Gasteiger partial charge in [-0.3, -0.25) is 4.79 Å². The second kappa shape index (κ2) is 5.96. The van der Waals surface area contributed by atoms with E-state index in [1.165, 1.54) is 0 Å². The summed E-state index contributed by atoms with van der Waals surface area (Å²) in [7, 11) is 0. The zero-order valence-corrected chi connectivity index (χ0v) is 11.5. The molecule has 18 heavy (non-hydrogen) atoms. The molecule has 0 aliphatic carbocycles. The molecule has 1 atom stereocenters. The summed E-state index contributed by atoms with van der Waals surface area (Å²) in [4.78, 5) is 15.2. The first-order chi connectivity index (χ1) is 8.70. The zero-order valence-electron chi connectivity index (χ0n) is 10.7. The van der Waals surface area contributed by atoms with Gasteiger partial charge in [-0.2, -0.15) is 11.8 Å². The Balaban J connectivity index is 2.03. The van der Waals surface area contributed by atoms with Crippen molar-refractivity contribution in [3.63, 3.8) is 0 Å². The Morgan fingerprint density at radius 3 is 3.06 bits per heavy atom. The molecule has 0 fully saturated rings. The Morgan fingerprint density at radius 2 is 2.28 bits per heavy atom. The highest BCUT2D eigenvalue weighted by molar-refractivity contribution is 7.99. The third-order valence-corrected chi connectivity index (χ3v) is 3.91. The van der Waals surface area contributed by atoms with Crippen molar-refractivity contribution >= 4 is 28.6 Å². The number of hydrogen-bond acceptors (Lipinski definition) is 2. The lowest BCUT2D eigenvalue weighted by Crippen LogP contribution is -2.34. The molecule has 1 unspecified atom stereocenters. The van der Waals surface area contributed by atoms with Crippen LogP contribution in [-0.4, -0.2) is 28.4 Å². The molecule has 0 aliphatic rings. The first-order valence-corrected chi connectivity index (χ1v) is 7.32. The second-order valence-corrected chi connectivity index (χ2v) is 5.63. The number of fused-ring (bicyclic) bond motifs is 1. The Bertz CT molecular complexity index is 535. The molecule has 0 saturated heterocycles. The molecule has 96 valence electrons. The van der Waals surface area contributed by atoms with Gasteiger partial charge in [0, 0.05) is 34.5 Å². The minimum Gasteiger partial charge on any atom is -0.361 e. The number of aromatic nitrogens is 1. The van der Waals surface area contributed by atoms with Crippen LogP contribution in [0.1, 0.15) is 24.2 Å². The van der Waals surface area contributed by atoms with Gasteiger partial charge in [0.1, 0.15) is 0 Å². The van der Waals surface area contributed by atoms with Gasteiger partial charge in [-0.1, -0.05) is 6.92 Å². The summed E-state index contributed by atoms with van der Waals surface area (Å²) in [6, 6.07) is 7.89. The van der Waals surface area contributed by atoms with E-state index in [0.29, 0.717) is 0 Å². The lowest BCUT2D eigenvalue weighted by Gasteiger charge is -2.13. The summed E-state index contributed by atoms with van der Waals surface area (Å²) in [5.41, 5.74) is 1.77. The van der Waals surface area contributed by atoms with Crippen molar-refractivity contribution in [2.45, 2.75) is 19.9 Å². The van der Waals surface area contributed by atoms with Crippen molar-refractivity contribution in [3.05, 3.63) is 36.0 Å². The van der Waals surface area contributed by atoms with E-state index in [9.17, 15) is 4.79 Å². The fourth-order valence-electron chi connectivity index (χ4n) is 1.84. The first kappa shape index (κ1) is 13.0. The zero-order chi connectivity index (χ0) is 13.0. The number of H-pyrrole nitrogens is 1. The average molecular weight is 262 g/mol. The van der Waals surface area contributed by atoms with E-state index >= 15 is 0 Å². The van der Waals surface area contributed by atoms with Crippen LogP contribution in [0.3, 0.4) is 0 Å². The van der Waals surface area contributed by atoms with Crippen molar-refractivity contribution in [1.29, 1.82) is 0 Å². The standard InChI is InChI=1S/C14H18N2OS/c1-3-18-9-10(2)16-14(17)12-4-5-13-11(8-12)6-7-15-13/h4-8,10,15H,3,9H2,1-2H3,(H,16,17). The van der Waals surface area contributed by atoms with Crippen LogP contribution in [0, 0.1) is 0 Å². The summed E-state index contributed by atoms with van der Waals surface area (Å²) >= 11 is 1.84. The lowest BCUT2D eigenvalue weighted by atomic mass is 10.1. The van der Waals surface area contributed by atoms with Crippen molar-refractivity contribution in [2.24, 2.45) is 0 Å². The van der Waals surface area contributed by atoms with Gasteiger partial charge in [-0.05, 0) is 36.9 Å². The molecule has 1 heterocycles. The Kier molecular flexibility index (Phi) is 4.31. The van der Waals surface area contributed by atoms with Crippen LogP contribution < -0.4 is 5.32 Å². The SMILES string of the molecule is CCSCC(C)NC(=O)c1ccc2[nH]ccc2c1. The Hall–Kier alpha value is -1.42. The molecule has 0 aliphatic heterocycles. The predicted octanol–water partition coefficient (Wildman–Crippen LogP) is 3.04. The maximum Gasteiger partial charge on any atom is 0.251 e. The van der Waals surface area contributed by atoms with Gasteiger partial charge in [-0.25, -0.2) is 0 Å². The Labute approximate surface area is 111 Å². The molecule has 0 bridgehead atoms. The third-order valence-electron chi connectivity index (χ3n) is 2.76. The molecular weight excluding hydrogens is 244 g/mol. The fourth-order valence-corrected chi connectivity index (χ4v) is 2.51. The van der Waals surface area contributed by atoms with Crippen LogP contribution >= 0.6 is 11.8 Å². The molecule has 3 nitrogen and oxygen atoms in total. The number of amides is 1. The van der Waals surface area contributed by atoms with Crippen molar-refractivity contribution in [3.8, 4) is 0 Å². The van der Waals surface area contributed by atoms with Crippen molar-refractivity contribution < 1.29 is 4.79 Å².